The Bertz CT molecular complexity index is 579. The molecule has 0 aliphatic heterocycles. The summed E-state index contributed by atoms with van der Waals surface area (Å²) < 4.78 is 5.10. The highest BCUT2D eigenvalue weighted by Gasteiger charge is 2.06. The molecule has 1 heterocycles. The van der Waals surface area contributed by atoms with E-state index in [1.54, 1.807) is 19.4 Å². The molecule has 5 heteroatoms. The zero-order valence-electron chi connectivity index (χ0n) is 12.0. The minimum Gasteiger partial charge on any atom is -0.497 e. The second-order valence-corrected chi connectivity index (χ2v) is 4.61. The first-order valence-electron chi connectivity index (χ1n) is 6.79. The number of nitrogens with zero attached hydrogens (tertiary/aromatic N) is 1. The van der Waals surface area contributed by atoms with Gasteiger partial charge in [-0.1, -0.05) is 18.2 Å². The lowest BCUT2D eigenvalue weighted by molar-refractivity contribution is 0.0949. The van der Waals surface area contributed by atoms with Crippen LogP contribution in [0.4, 0.5) is 0 Å². The molecule has 0 saturated carbocycles. The van der Waals surface area contributed by atoms with Crippen molar-refractivity contribution in [2.24, 2.45) is 5.73 Å². The van der Waals surface area contributed by atoms with Gasteiger partial charge < -0.3 is 15.8 Å². The molecule has 0 bridgehead atoms. The van der Waals surface area contributed by atoms with Crippen molar-refractivity contribution in [2.75, 3.05) is 13.7 Å². The first kappa shape index (κ1) is 15.0. The van der Waals surface area contributed by atoms with Gasteiger partial charge in [0.15, 0.2) is 0 Å². The number of hydrogen-bond donors (Lipinski definition) is 2. The number of rotatable bonds is 6. The summed E-state index contributed by atoms with van der Waals surface area (Å²) in [7, 11) is 1.64. The molecule has 21 heavy (non-hydrogen) atoms. The molecule has 110 valence electrons. The zero-order valence-corrected chi connectivity index (χ0v) is 12.0. The summed E-state index contributed by atoms with van der Waals surface area (Å²) in [5.74, 6) is 0.652. The Morgan fingerprint density at radius 3 is 2.48 bits per heavy atom. The summed E-state index contributed by atoms with van der Waals surface area (Å²) in [6, 6.07) is 11.3. The van der Waals surface area contributed by atoms with E-state index in [1.807, 2.05) is 30.3 Å². The molecule has 1 aromatic carbocycles. The number of nitrogens with two attached hydrogens (primary N) is 1. The molecule has 0 radical (unpaired) electrons. The van der Waals surface area contributed by atoms with Crippen molar-refractivity contribution in [2.45, 2.75) is 13.0 Å². The summed E-state index contributed by atoms with van der Waals surface area (Å²) >= 11 is 0. The number of nitrogens with one attached hydrogen (secondary N) is 1. The van der Waals surface area contributed by atoms with E-state index >= 15 is 0 Å². The standard InChI is InChI=1S/C16H19N3O2/c1-21-14-5-2-12(3-6-14)8-9-18-16(20)15-7-4-13(10-17)11-19-15/h2-7,11H,8-10,17H2,1H3,(H,18,20). The number of hydrogen-bond acceptors (Lipinski definition) is 4. The van der Waals surface area contributed by atoms with Crippen LogP contribution in [0.1, 0.15) is 21.6 Å². The van der Waals surface area contributed by atoms with Gasteiger partial charge in [0, 0.05) is 19.3 Å². The van der Waals surface area contributed by atoms with Gasteiger partial charge in [-0.05, 0) is 35.7 Å². The second kappa shape index (κ2) is 7.40. The summed E-state index contributed by atoms with van der Waals surface area (Å²) in [5, 5.41) is 2.85. The fourth-order valence-electron chi connectivity index (χ4n) is 1.88. The van der Waals surface area contributed by atoms with Crippen molar-refractivity contribution >= 4 is 5.91 Å². The van der Waals surface area contributed by atoms with E-state index in [0.29, 0.717) is 18.8 Å². The van der Waals surface area contributed by atoms with Crippen molar-refractivity contribution in [1.29, 1.82) is 0 Å². The van der Waals surface area contributed by atoms with Crippen LogP contribution in [0.3, 0.4) is 0 Å². The normalized spacial score (nSPS) is 10.2. The summed E-state index contributed by atoms with van der Waals surface area (Å²) in [6.07, 6.45) is 2.38. The Kier molecular flexibility index (Phi) is 5.29. The van der Waals surface area contributed by atoms with Gasteiger partial charge in [0.25, 0.3) is 5.91 Å². The van der Waals surface area contributed by atoms with Crippen molar-refractivity contribution in [3.63, 3.8) is 0 Å². The molecule has 1 amide bonds. The minimum absolute atomic E-state index is 0.174. The fourth-order valence-corrected chi connectivity index (χ4v) is 1.88. The van der Waals surface area contributed by atoms with Gasteiger partial charge in [-0.15, -0.1) is 0 Å². The number of aromatic nitrogens is 1. The molecule has 5 nitrogen and oxygen atoms in total. The number of ether oxygens (including phenoxy) is 1. The smallest absolute Gasteiger partial charge is 0.269 e. The molecule has 0 atom stereocenters. The molecule has 0 aliphatic carbocycles. The van der Waals surface area contributed by atoms with Gasteiger partial charge in [0.05, 0.1) is 7.11 Å². The Balaban J connectivity index is 1.82. The van der Waals surface area contributed by atoms with Crippen LogP contribution in [0.2, 0.25) is 0 Å². The lowest BCUT2D eigenvalue weighted by Gasteiger charge is -2.06. The van der Waals surface area contributed by atoms with E-state index in [1.165, 1.54) is 0 Å². The van der Waals surface area contributed by atoms with Gasteiger partial charge in [-0.25, -0.2) is 0 Å². The van der Waals surface area contributed by atoms with Gasteiger partial charge in [-0.3, -0.25) is 9.78 Å². The lowest BCUT2D eigenvalue weighted by Crippen LogP contribution is -2.26. The van der Waals surface area contributed by atoms with E-state index in [0.717, 1.165) is 23.3 Å². The maximum atomic E-state index is 11.9. The topological polar surface area (TPSA) is 77.2 Å². The Morgan fingerprint density at radius 2 is 1.90 bits per heavy atom. The number of pyridine rings is 1. The SMILES string of the molecule is COc1ccc(CCNC(=O)c2ccc(CN)cn2)cc1. The van der Waals surface area contributed by atoms with Gasteiger partial charge in [0.2, 0.25) is 0 Å². The molecule has 2 aromatic rings. The van der Waals surface area contributed by atoms with Gasteiger partial charge in [-0.2, -0.15) is 0 Å². The van der Waals surface area contributed by atoms with E-state index in [9.17, 15) is 4.79 Å². The van der Waals surface area contributed by atoms with Crippen molar-refractivity contribution in [3.8, 4) is 5.75 Å². The predicted octanol–water partition coefficient (Wildman–Crippen LogP) is 1.52. The minimum atomic E-state index is -0.174. The molecule has 0 fully saturated rings. The zero-order chi connectivity index (χ0) is 15.1. The average Bonchev–Trinajstić information content (AvgIpc) is 2.55. The number of amides is 1. The highest BCUT2D eigenvalue weighted by atomic mass is 16.5. The number of carbonyl (C=O) groups excluding carboxylic acids is 1. The maximum absolute atomic E-state index is 11.9. The molecule has 2 rings (SSSR count). The Labute approximate surface area is 124 Å². The van der Waals surface area contributed by atoms with Crippen LogP contribution < -0.4 is 15.8 Å². The van der Waals surface area contributed by atoms with Crippen molar-refractivity contribution in [3.05, 3.63) is 59.4 Å². The van der Waals surface area contributed by atoms with Crippen molar-refractivity contribution < 1.29 is 9.53 Å². The maximum Gasteiger partial charge on any atom is 0.269 e. The third kappa shape index (κ3) is 4.29. The molecule has 1 aromatic heterocycles. The third-order valence-electron chi connectivity index (χ3n) is 3.15. The average molecular weight is 285 g/mol. The molecule has 0 saturated heterocycles. The van der Waals surface area contributed by atoms with Crippen LogP contribution in [-0.4, -0.2) is 24.5 Å². The molecule has 0 spiro atoms. The largest absolute Gasteiger partial charge is 0.497 e. The number of carbonyl (C=O) groups is 1. The van der Waals surface area contributed by atoms with Crippen LogP contribution in [0.25, 0.3) is 0 Å². The van der Waals surface area contributed by atoms with Gasteiger partial charge in [0.1, 0.15) is 11.4 Å². The van der Waals surface area contributed by atoms with Crippen LogP contribution in [0, 0.1) is 0 Å². The van der Waals surface area contributed by atoms with Crippen molar-refractivity contribution in [1.82, 2.24) is 10.3 Å². The second-order valence-electron chi connectivity index (χ2n) is 4.61. The molecule has 3 N–H and O–H groups in total. The van der Waals surface area contributed by atoms with E-state index in [2.05, 4.69) is 10.3 Å². The fraction of sp³-hybridized carbons (Fsp3) is 0.250. The first-order chi connectivity index (χ1) is 10.2. The quantitative estimate of drug-likeness (QED) is 0.843. The number of benzene rings is 1. The molecular formula is C16H19N3O2. The van der Waals surface area contributed by atoms with E-state index in [4.69, 9.17) is 10.5 Å². The first-order valence-corrected chi connectivity index (χ1v) is 6.79. The van der Waals surface area contributed by atoms with Crippen LogP contribution in [0.15, 0.2) is 42.6 Å². The molecular weight excluding hydrogens is 266 g/mol. The molecule has 0 unspecified atom stereocenters. The van der Waals surface area contributed by atoms with E-state index < -0.39 is 0 Å². The van der Waals surface area contributed by atoms with E-state index in [-0.39, 0.29) is 5.91 Å². The summed E-state index contributed by atoms with van der Waals surface area (Å²) in [6.45, 7) is 0.984. The van der Waals surface area contributed by atoms with Gasteiger partial charge >= 0.3 is 0 Å². The Morgan fingerprint density at radius 1 is 1.19 bits per heavy atom. The van der Waals surface area contributed by atoms with Crippen LogP contribution in [-0.2, 0) is 13.0 Å². The van der Waals surface area contributed by atoms with Crippen LogP contribution >= 0.6 is 0 Å². The van der Waals surface area contributed by atoms with Crippen LogP contribution in [0.5, 0.6) is 5.75 Å². The highest BCUT2D eigenvalue weighted by molar-refractivity contribution is 5.92. The lowest BCUT2D eigenvalue weighted by atomic mass is 10.1. The molecule has 0 aliphatic rings. The Hall–Kier alpha value is -2.40. The third-order valence-corrected chi connectivity index (χ3v) is 3.15. The monoisotopic (exact) mass is 285 g/mol. The summed E-state index contributed by atoms with van der Waals surface area (Å²) in [4.78, 5) is 16.0. The summed E-state index contributed by atoms with van der Waals surface area (Å²) in [5.41, 5.74) is 7.94. The predicted molar refractivity (Wildman–Crippen MR) is 81.2 cm³/mol. The number of methoxy groups -OCH3 is 1. The highest BCUT2D eigenvalue weighted by Crippen LogP contribution is 2.11.